The average molecular weight is 472 g/mol. The molecule has 0 fully saturated rings. The van der Waals surface area contributed by atoms with Gasteiger partial charge in [0.05, 0.1) is 29.4 Å². The summed E-state index contributed by atoms with van der Waals surface area (Å²) in [6, 6.07) is 20.4. The fraction of sp³-hybridized carbons (Fsp3) is 0.259. The van der Waals surface area contributed by atoms with Crippen molar-refractivity contribution in [1.82, 2.24) is 9.55 Å². The number of nitrogens with zero attached hydrogens (tertiary/aromatic N) is 2. The van der Waals surface area contributed by atoms with Gasteiger partial charge in [-0.3, -0.25) is 9.36 Å². The third-order valence-corrected chi connectivity index (χ3v) is 6.24. The molecule has 3 heterocycles. The van der Waals surface area contributed by atoms with Crippen molar-refractivity contribution in [2.75, 3.05) is 25.1 Å². The number of para-hydroxylation sites is 3. The number of rotatable bonds is 6. The Kier molecular flexibility index (Phi) is 5.21. The number of nitrogens with one attached hydrogen (secondary N) is 1. The summed E-state index contributed by atoms with van der Waals surface area (Å²) < 4.78 is 25.2. The van der Waals surface area contributed by atoms with Crippen molar-refractivity contribution >= 4 is 22.7 Å². The highest BCUT2D eigenvalue weighted by molar-refractivity contribution is 5.80. The van der Waals surface area contributed by atoms with Crippen LogP contribution < -0.4 is 19.5 Å². The van der Waals surface area contributed by atoms with Gasteiger partial charge in [-0.1, -0.05) is 24.3 Å². The van der Waals surface area contributed by atoms with E-state index in [9.17, 15) is 4.79 Å². The predicted molar refractivity (Wildman–Crippen MR) is 131 cm³/mol. The van der Waals surface area contributed by atoms with Crippen molar-refractivity contribution in [2.45, 2.75) is 26.0 Å². The zero-order valence-corrected chi connectivity index (χ0v) is 19.5. The lowest BCUT2D eigenvalue weighted by molar-refractivity contribution is -0.147. The van der Waals surface area contributed by atoms with E-state index in [1.807, 2.05) is 66.1 Å². The predicted octanol–water partition coefficient (Wildman–Crippen LogP) is 4.97. The smallest absolute Gasteiger partial charge is 0.303 e. The Hall–Kier alpha value is -4.20. The lowest BCUT2D eigenvalue weighted by Crippen LogP contribution is -2.12. The first-order valence-corrected chi connectivity index (χ1v) is 11.7. The second kappa shape index (κ2) is 8.54. The first-order chi connectivity index (χ1) is 17.1. The Morgan fingerprint density at radius 2 is 1.97 bits per heavy atom. The molecule has 2 atom stereocenters. The molecule has 0 bridgehead atoms. The Balaban J connectivity index is 1.32. The molecule has 0 aliphatic carbocycles. The van der Waals surface area contributed by atoms with E-state index < -0.39 is 0 Å². The molecule has 0 saturated heterocycles. The summed E-state index contributed by atoms with van der Waals surface area (Å²) >= 11 is 0. The van der Waals surface area contributed by atoms with Gasteiger partial charge in [-0.15, -0.1) is 0 Å². The van der Waals surface area contributed by atoms with Crippen LogP contribution in [0, 0.1) is 0 Å². The van der Waals surface area contributed by atoms with E-state index in [0.29, 0.717) is 25.8 Å². The minimum Gasteiger partial charge on any atom is -0.489 e. The molecule has 2 aliphatic heterocycles. The summed E-state index contributed by atoms with van der Waals surface area (Å²) in [5.74, 6) is 1.21. The number of aromatic nitrogens is 2. The second-order valence-electron chi connectivity index (χ2n) is 8.52. The monoisotopic (exact) mass is 471 g/mol. The van der Waals surface area contributed by atoms with Crippen molar-refractivity contribution < 1.29 is 23.7 Å². The summed E-state index contributed by atoms with van der Waals surface area (Å²) in [4.78, 5) is 16.0. The Morgan fingerprint density at radius 3 is 2.83 bits per heavy atom. The van der Waals surface area contributed by atoms with Crippen molar-refractivity contribution in [3.05, 3.63) is 71.8 Å². The number of carbonyl (C=O) groups is 1. The Bertz CT molecular complexity index is 1430. The number of carbonyl (C=O) groups excluding carboxylic acids is 1. The van der Waals surface area contributed by atoms with E-state index in [0.717, 1.165) is 45.0 Å². The number of benzene rings is 3. The van der Waals surface area contributed by atoms with Gasteiger partial charge in [0.25, 0.3) is 0 Å². The molecule has 1 N–H and O–H groups in total. The van der Waals surface area contributed by atoms with Gasteiger partial charge in [-0.2, -0.15) is 4.98 Å². The summed E-state index contributed by atoms with van der Waals surface area (Å²) in [6.07, 6.45) is -0.362. The third kappa shape index (κ3) is 3.71. The highest BCUT2D eigenvalue weighted by Gasteiger charge is 2.30. The second-order valence-corrected chi connectivity index (χ2v) is 8.52. The van der Waals surface area contributed by atoms with Gasteiger partial charge in [-0.25, -0.2) is 0 Å². The van der Waals surface area contributed by atoms with Crippen LogP contribution in [0.1, 0.15) is 37.1 Å². The van der Waals surface area contributed by atoms with Crippen LogP contribution in [-0.4, -0.2) is 35.3 Å². The van der Waals surface area contributed by atoms with Gasteiger partial charge >= 0.3 is 12.0 Å². The number of ether oxygens (including phenoxy) is 4. The molecule has 0 radical (unpaired) electrons. The standard InChI is InChI=1S/C27H25N3O5/c1-3-32-27-29-20-8-4-5-9-22(20)30(27)23-10-6-7-18-21(14-34-26(18)23)28-17-11-12-19-24(13-17)33-15-25(19)35-16(2)31/h4-13,21,25,28H,3,14-15H2,1-2H3/t21-,25+/m0/s1. The first-order valence-electron chi connectivity index (χ1n) is 11.7. The minimum atomic E-state index is -0.362. The van der Waals surface area contributed by atoms with Crippen molar-refractivity contribution in [3.8, 4) is 23.2 Å². The lowest BCUT2D eigenvalue weighted by Gasteiger charge is -2.15. The van der Waals surface area contributed by atoms with Crippen LogP contribution in [0.25, 0.3) is 16.7 Å². The molecule has 8 heteroatoms. The molecule has 6 rings (SSSR count). The highest BCUT2D eigenvalue weighted by Crippen LogP contribution is 2.43. The van der Waals surface area contributed by atoms with Crippen LogP contribution >= 0.6 is 0 Å². The molecule has 0 spiro atoms. The topological polar surface area (TPSA) is 83.8 Å². The Morgan fingerprint density at radius 1 is 1.09 bits per heavy atom. The number of hydrogen-bond acceptors (Lipinski definition) is 7. The van der Waals surface area contributed by atoms with Gasteiger partial charge in [0.15, 0.2) is 6.10 Å². The quantitative estimate of drug-likeness (QED) is 0.398. The van der Waals surface area contributed by atoms with E-state index in [2.05, 4.69) is 16.4 Å². The van der Waals surface area contributed by atoms with Crippen LogP contribution in [0.2, 0.25) is 0 Å². The van der Waals surface area contributed by atoms with E-state index >= 15 is 0 Å². The maximum absolute atomic E-state index is 11.3. The van der Waals surface area contributed by atoms with Crippen molar-refractivity contribution in [3.63, 3.8) is 0 Å². The summed E-state index contributed by atoms with van der Waals surface area (Å²) in [7, 11) is 0. The molecule has 1 aromatic heterocycles. The SMILES string of the molecule is CCOc1nc2ccccc2n1-c1cccc2c1OC[C@@H]2Nc1ccc2c(c1)OC[C@H]2OC(C)=O. The summed E-state index contributed by atoms with van der Waals surface area (Å²) in [6.45, 7) is 4.69. The van der Waals surface area contributed by atoms with Gasteiger partial charge in [0.2, 0.25) is 0 Å². The van der Waals surface area contributed by atoms with Gasteiger partial charge in [0.1, 0.15) is 24.7 Å². The Labute approximate surface area is 202 Å². The normalized spacial score (nSPS) is 17.9. The maximum Gasteiger partial charge on any atom is 0.303 e. The average Bonchev–Trinajstić information content (AvgIpc) is 3.54. The van der Waals surface area contributed by atoms with Crippen molar-refractivity contribution in [2.24, 2.45) is 0 Å². The fourth-order valence-corrected chi connectivity index (χ4v) is 4.76. The van der Waals surface area contributed by atoms with Crippen molar-refractivity contribution in [1.29, 1.82) is 0 Å². The molecule has 35 heavy (non-hydrogen) atoms. The van der Waals surface area contributed by atoms with E-state index in [-0.39, 0.29) is 18.1 Å². The molecule has 178 valence electrons. The minimum absolute atomic E-state index is 0.0426. The van der Waals surface area contributed by atoms with E-state index in [4.69, 9.17) is 18.9 Å². The van der Waals surface area contributed by atoms with Crippen LogP contribution in [0.4, 0.5) is 5.69 Å². The largest absolute Gasteiger partial charge is 0.489 e. The zero-order chi connectivity index (χ0) is 23.9. The molecular formula is C27H25N3O5. The first kappa shape index (κ1) is 21.3. The number of anilines is 1. The van der Waals surface area contributed by atoms with Gasteiger partial charge < -0.3 is 24.3 Å². The zero-order valence-electron chi connectivity index (χ0n) is 19.5. The van der Waals surface area contributed by atoms with E-state index in [1.165, 1.54) is 6.92 Å². The molecule has 0 saturated carbocycles. The van der Waals surface area contributed by atoms with Crippen LogP contribution in [0.5, 0.6) is 17.5 Å². The van der Waals surface area contributed by atoms with Gasteiger partial charge in [0, 0.05) is 29.8 Å². The molecule has 0 unspecified atom stereocenters. The van der Waals surface area contributed by atoms with E-state index in [1.54, 1.807) is 0 Å². The lowest BCUT2D eigenvalue weighted by atomic mass is 10.1. The summed E-state index contributed by atoms with van der Waals surface area (Å²) in [5.41, 5.74) is 5.56. The molecule has 8 nitrogen and oxygen atoms in total. The highest BCUT2D eigenvalue weighted by atomic mass is 16.6. The third-order valence-electron chi connectivity index (χ3n) is 6.24. The summed E-state index contributed by atoms with van der Waals surface area (Å²) in [5, 5.41) is 3.56. The van der Waals surface area contributed by atoms with Crippen LogP contribution in [0.15, 0.2) is 60.7 Å². The fourth-order valence-electron chi connectivity index (χ4n) is 4.76. The molecule has 0 amide bonds. The van der Waals surface area contributed by atoms with Crippen LogP contribution in [-0.2, 0) is 9.53 Å². The maximum atomic E-state index is 11.3. The molecule has 2 aliphatic rings. The number of imidazole rings is 1. The molecular weight excluding hydrogens is 446 g/mol. The molecule has 3 aromatic carbocycles. The number of fused-ring (bicyclic) bond motifs is 3. The number of hydrogen-bond donors (Lipinski definition) is 1. The van der Waals surface area contributed by atoms with Gasteiger partial charge in [-0.05, 0) is 37.3 Å². The van der Waals surface area contributed by atoms with Crippen LogP contribution in [0.3, 0.4) is 0 Å². The molecule has 4 aromatic rings. The number of esters is 1.